The van der Waals surface area contributed by atoms with Gasteiger partial charge in [0.25, 0.3) is 0 Å². The van der Waals surface area contributed by atoms with Gasteiger partial charge in [0, 0.05) is 12.6 Å². The van der Waals surface area contributed by atoms with Crippen molar-refractivity contribution in [3.63, 3.8) is 0 Å². The molecule has 1 amide bonds. The number of Topliss-reactive ketones (excluding diaryl/α,β-unsaturated/α-hetero) is 1. The second kappa shape index (κ2) is 10.7. The molecule has 2 heterocycles. The number of ether oxygens (including phenoxy) is 1. The molecule has 3 aromatic rings. The molecule has 0 radical (unpaired) electrons. The van der Waals surface area contributed by atoms with Crippen LogP contribution in [0.15, 0.2) is 29.4 Å². The molecule has 1 N–H and O–H groups in total. The molecule has 35 heavy (non-hydrogen) atoms. The molecule has 0 bridgehead atoms. The number of hydrogen-bond donors (Lipinski definition) is 1. The van der Waals surface area contributed by atoms with E-state index in [-0.39, 0.29) is 35.0 Å². The lowest BCUT2D eigenvalue weighted by Gasteiger charge is -2.19. The molecule has 0 spiro atoms. The van der Waals surface area contributed by atoms with Gasteiger partial charge in [0.1, 0.15) is 5.00 Å². The van der Waals surface area contributed by atoms with E-state index in [0.717, 1.165) is 16.9 Å². The lowest BCUT2D eigenvalue weighted by molar-refractivity contribution is -0.113. The summed E-state index contributed by atoms with van der Waals surface area (Å²) in [6.45, 7) is 11.5. The van der Waals surface area contributed by atoms with Gasteiger partial charge in [-0.05, 0) is 37.3 Å². The Labute approximate surface area is 213 Å². The SMILES string of the molecule is CCOC(=O)c1c(NC(=O)CSc2nnc(-c3ccc(C(C)(C)C)cc3)n2C)sc(C(C)=O)c1C. The number of hydrogen-bond acceptors (Lipinski definition) is 8. The van der Waals surface area contributed by atoms with Crippen molar-refractivity contribution in [3.05, 3.63) is 45.8 Å². The minimum absolute atomic E-state index is 0.0591. The predicted molar refractivity (Wildman–Crippen MR) is 140 cm³/mol. The number of amides is 1. The highest BCUT2D eigenvalue weighted by molar-refractivity contribution is 7.99. The summed E-state index contributed by atoms with van der Waals surface area (Å²) in [6.07, 6.45) is 0. The molecule has 3 rings (SSSR count). The zero-order valence-corrected chi connectivity index (χ0v) is 22.6. The molecule has 0 aliphatic rings. The van der Waals surface area contributed by atoms with Crippen molar-refractivity contribution in [2.24, 2.45) is 7.05 Å². The molecule has 0 saturated heterocycles. The highest BCUT2D eigenvalue weighted by Crippen LogP contribution is 2.34. The number of nitrogens with zero attached hydrogens (tertiary/aromatic N) is 3. The highest BCUT2D eigenvalue weighted by Gasteiger charge is 2.25. The summed E-state index contributed by atoms with van der Waals surface area (Å²) in [6, 6.07) is 8.22. The minimum Gasteiger partial charge on any atom is -0.462 e. The maximum absolute atomic E-state index is 12.7. The number of nitrogens with one attached hydrogen (secondary N) is 1. The molecule has 0 saturated carbocycles. The van der Waals surface area contributed by atoms with E-state index in [0.29, 0.717) is 26.4 Å². The topological polar surface area (TPSA) is 103 Å². The van der Waals surface area contributed by atoms with Gasteiger partial charge in [0.05, 0.1) is 22.8 Å². The Kier molecular flexibility index (Phi) is 8.17. The Morgan fingerprint density at radius 1 is 1.14 bits per heavy atom. The summed E-state index contributed by atoms with van der Waals surface area (Å²) in [5.41, 5.74) is 2.97. The fourth-order valence-corrected chi connectivity index (χ4v) is 5.31. The average molecular weight is 515 g/mol. The smallest absolute Gasteiger partial charge is 0.341 e. The molecular weight excluding hydrogens is 484 g/mol. The van der Waals surface area contributed by atoms with Crippen LogP contribution in [-0.2, 0) is 22.0 Å². The molecule has 10 heteroatoms. The number of thiophene rings is 1. The van der Waals surface area contributed by atoms with Gasteiger partial charge in [-0.15, -0.1) is 21.5 Å². The van der Waals surface area contributed by atoms with Gasteiger partial charge in [0.2, 0.25) is 5.91 Å². The minimum atomic E-state index is -0.563. The summed E-state index contributed by atoms with van der Waals surface area (Å²) in [7, 11) is 1.86. The standard InChI is InChI=1S/C25H30N4O4S2/c1-8-33-23(32)19-14(2)20(15(3)30)35-22(19)26-18(31)13-34-24-28-27-21(29(24)7)16-9-11-17(12-10-16)25(4,5)6/h9-12H,8,13H2,1-7H3,(H,26,31). The fourth-order valence-electron chi connectivity index (χ4n) is 3.49. The normalized spacial score (nSPS) is 11.4. The lowest BCUT2D eigenvalue weighted by atomic mass is 9.87. The third kappa shape index (κ3) is 5.99. The van der Waals surface area contributed by atoms with E-state index >= 15 is 0 Å². The predicted octanol–water partition coefficient (Wildman–Crippen LogP) is 5.26. The van der Waals surface area contributed by atoms with E-state index in [1.165, 1.54) is 24.2 Å². The van der Waals surface area contributed by atoms with Crippen LogP contribution < -0.4 is 5.32 Å². The van der Waals surface area contributed by atoms with Crippen molar-refractivity contribution in [1.82, 2.24) is 14.8 Å². The van der Waals surface area contributed by atoms with Crippen LogP contribution >= 0.6 is 23.1 Å². The molecule has 0 aliphatic carbocycles. The largest absolute Gasteiger partial charge is 0.462 e. The molecule has 1 aromatic carbocycles. The molecule has 186 valence electrons. The summed E-state index contributed by atoms with van der Waals surface area (Å²) in [5.74, 6) is -0.292. The second-order valence-electron chi connectivity index (χ2n) is 9.07. The average Bonchev–Trinajstić information content (AvgIpc) is 3.31. The lowest BCUT2D eigenvalue weighted by Crippen LogP contribution is -2.16. The molecule has 2 aromatic heterocycles. The van der Waals surface area contributed by atoms with Crippen molar-refractivity contribution < 1.29 is 19.1 Å². The van der Waals surface area contributed by atoms with Gasteiger partial charge in [-0.1, -0.05) is 56.8 Å². The van der Waals surface area contributed by atoms with E-state index in [1.807, 2.05) is 23.7 Å². The van der Waals surface area contributed by atoms with Crippen LogP contribution in [0.4, 0.5) is 5.00 Å². The fraction of sp³-hybridized carbons (Fsp3) is 0.400. The van der Waals surface area contributed by atoms with Crippen LogP contribution in [-0.4, -0.2) is 44.8 Å². The Balaban J connectivity index is 1.72. The first-order chi connectivity index (χ1) is 16.4. The number of benzene rings is 1. The third-order valence-corrected chi connectivity index (χ3v) is 7.70. The van der Waals surface area contributed by atoms with Crippen LogP contribution in [0.1, 0.15) is 65.8 Å². The number of esters is 1. The van der Waals surface area contributed by atoms with Crippen molar-refractivity contribution in [1.29, 1.82) is 0 Å². The van der Waals surface area contributed by atoms with Crippen molar-refractivity contribution in [2.75, 3.05) is 17.7 Å². The van der Waals surface area contributed by atoms with E-state index in [4.69, 9.17) is 4.74 Å². The van der Waals surface area contributed by atoms with Crippen LogP contribution in [0.2, 0.25) is 0 Å². The zero-order valence-electron chi connectivity index (χ0n) is 21.0. The molecule has 8 nitrogen and oxygen atoms in total. The first-order valence-electron chi connectivity index (χ1n) is 11.2. The van der Waals surface area contributed by atoms with Gasteiger partial charge in [0.15, 0.2) is 16.8 Å². The maximum Gasteiger partial charge on any atom is 0.341 e. The van der Waals surface area contributed by atoms with E-state index < -0.39 is 5.97 Å². The molecule has 0 fully saturated rings. The van der Waals surface area contributed by atoms with Crippen molar-refractivity contribution >= 4 is 45.8 Å². The Morgan fingerprint density at radius 2 is 1.80 bits per heavy atom. The van der Waals surface area contributed by atoms with Crippen LogP contribution in [0, 0.1) is 6.92 Å². The summed E-state index contributed by atoms with van der Waals surface area (Å²) in [5, 5.41) is 12.2. The van der Waals surface area contributed by atoms with E-state index in [2.05, 4.69) is 48.4 Å². The summed E-state index contributed by atoms with van der Waals surface area (Å²) >= 11 is 2.32. The quantitative estimate of drug-likeness (QED) is 0.248. The Hall–Kier alpha value is -2.98. The Bertz CT molecular complexity index is 1250. The van der Waals surface area contributed by atoms with Gasteiger partial charge in [-0.3, -0.25) is 9.59 Å². The molecule has 0 atom stereocenters. The number of anilines is 1. The number of thioether (sulfide) groups is 1. The molecule has 0 aliphatic heterocycles. The number of carbonyl (C=O) groups is 3. The zero-order chi connectivity index (χ0) is 25.9. The van der Waals surface area contributed by atoms with Gasteiger partial charge in [-0.2, -0.15) is 0 Å². The molecular formula is C25H30N4O4S2. The third-order valence-electron chi connectivity index (χ3n) is 5.38. The Morgan fingerprint density at radius 3 is 2.37 bits per heavy atom. The van der Waals surface area contributed by atoms with Crippen molar-refractivity contribution in [3.8, 4) is 11.4 Å². The highest BCUT2D eigenvalue weighted by atomic mass is 32.2. The van der Waals surface area contributed by atoms with Crippen molar-refractivity contribution in [2.45, 2.75) is 52.1 Å². The monoisotopic (exact) mass is 514 g/mol. The van der Waals surface area contributed by atoms with Crippen LogP contribution in [0.25, 0.3) is 11.4 Å². The van der Waals surface area contributed by atoms with Gasteiger partial charge in [-0.25, -0.2) is 4.79 Å². The van der Waals surface area contributed by atoms with Crippen LogP contribution in [0.5, 0.6) is 0 Å². The second-order valence-corrected chi connectivity index (χ2v) is 11.0. The molecule has 0 unspecified atom stereocenters. The first kappa shape index (κ1) is 26.6. The summed E-state index contributed by atoms with van der Waals surface area (Å²) in [4.78, 5) is 37.5. The number of carbonyl (C=O) groups excluding carboxylic acids is 3. The van der Waals surface area contributed by atoms with E-state index in [9.17, 15) is 14.4 Å². The maximum atomic E-state index is 12.7. The first-order valence-corrected chi connectivity index (χ1v) is 13.0. The van der Waals surface area contributed by atoms with Crippen LogP contribution in [0.3, 0.4) is 0 Å². The van der Waals surface area contributed by atoms with Gasteiger partial charge >= 0.3 is 5.97 Å². The van der Waals surface area contributed by atoms with E-state index in [1.54, 1.807) is 13.8 Å². The summed E-state index contributed by atoms with van der Waals surface area (Å²) < 4.78 is 6.96. The number of aromatic nitrogens is 3. The number of rotatable bonds is 8. The number of ketones is 1. The van der Waals surface area contributed by atoms with Gasteiger partial charge < -0.3 is 14.6 Å².